The quantitative estimate of drug-likeness (QED) is 0.696. The highest BCUT2D eigenvalue weighted by atomic mass is 32.2. The number of thioether (sulfide) groups is 1. The number of carbonyl (C=O) groups is 1. The molecule has 0 saturated carbocycles. The fourth-order valence-electron chi connectivity index (χ4n) is 2.02. The van der Waals surface area contributed by atoms with Gasteiger partial charge in [-0.3, -0.25) is 4.79 Å². The Kier molecular flexibility index (Phi) is 4.83. The molecular formula is C17H16N2O2S2. The molecule has 23 heavy (non-hydrogen) atoms. The first kappa shape index (κ1) is 15.8. The Bertz CT molecular complexity index is 782. The van der Waals surface area contributed by atoms with Gasteiger partial charge in [0.1, 0.15) is 5.75 Å². The largest absolute Gasteiger partial charge is 0.497 e. The summed E-state index contributed by atoms with van der Waals surface area (Å²) in [4.78, 5) is 16.8. The molecule has 1 heterocycles. The topological polar surface area (TPSA) is 51.2 Å². The second-order valence-electron chi connectivity index (χ2n) is 4.93. The summed E-state index contributed by atoms with van der Waals surface area (Å²) in [5.74, 6) is 0.722. The van der Waals surface area contributed by atoms with Crippen LogP contribution in [0.2, 0.25) is 0 Å². The van der Waals surface area contributed by atoms with E-state index in [9.17, 15) is 4.79 Å². The van der Waals surface area contributed by atoms with E-state index in [4.69, 9.17) is 4.74 Å². The van der Waals surface area contributed by atoms with Gasteiger partial charge < -0.3 is 10.1 Å². The number of amides is 1. The van der Waals surface area contributed by atoms with Crippen LogP contribution in [-0.2, 0) is 4.79 Å². The molecule has 1 atom stereocenters. The summed E-state index contributed by atoms with van der Waals surface area (Å²) in [5.41, 5.74) is 1.73. The van der Waals surface area contributed by atoms with Crippen molar-refractivity contribution in [3.63, 3.8) is 0 Å². The Morgan fingerprint density at radius 2 is 1.96 bits per heavy atom. The Hall–Kier alpha value is -2.05. The first-order chi connectivity index (χ1) is 11.2. The summed E-state index contributed by atoms with van der Waals surface area (Å²) in [6, 6.07) is 15.3. The number of hydrogen-bond acceptors (Lipinski definition) is 5. The molecule has 4 nitrogen and oxygen atoms in total. The zero-order chi connectivity index (χ0) is 16.2. The number of para-hydroxylation sites is 1. The smallest absolute Gasteiger partial charge is 0.237 e. The van der Waals surface area contributed by atoms with Gasteiger partial charge in [0.25, 0.3) is 0 Å². The van der Waals surface area contributed by atoms with Gasteiger partial charge in [-0.25, -0.2) is 4.98 Å². The van der Waals surface area contributed by atoms with Gasteiger partial charge in [0, 0.05) is 5.69 Å². The number of anilines is 1. The highest BCUT2D eigenvalue weighted by Gasteiger charge is 2.17. The maximum Gasteiger partial charge on any atom is 0.237 e. The molecule has 0 spiro atoms. The molecule has 2 aromatic carbocycles. The fraction of sp³-hybridized carbons (Fsp3) is 0.176. The molecule has 6 heteroatoms. The maximum atomic E-state index is 12.3. The number of hydrogen-bond donors (Lipinski definition) is 1. The molecule has 0 aliphatic heterocycles. The van der Waals surface area contributed by atoms with Gasteiger partial charge in [0.15, 0.2) is 4.34 Å². The molecule has 0 aliphatic rings. The lowest BCUT2D eigenvalue weighted by Gasteiger charge is -2.10. The lowest BCUT2D eigenvalue weighted by atomic mass is 10.3. The lowest BCUT2D eigenvalue weighted by molar-refractivity contribution is -0.115. The number of rotatable bonds is 5. The van der Waals surface area contributed by atoms with E-state index in [0.29, 0.717) is 0 Å². The number of methoxy groups -OCH3 is 1. The van der Waals surface area contributed by atoms with Crippen LogP contribution >= 0.6 is 23.1 Å². The van der Waals surface area contributed by atoms with Crippen molar-refractivity contribution in [2.24, 2.45) is 0 Å². The minimum atomic E-state index is -0.224. The predicted molar refractivity (Wildman–Crippen MR) is 96.6 cm³/mol. The van der Waals surface area contributed by atoms with Gasteiger partial charge in [0.05, 0.1) is 22.6 Å². The normalized spacial score (nSPS) is 12.1. The second-order valence-corrected chi connectivity index (χ2v) is 7.54. The molecule has 1 aromatic heterocycles. The minimum Gasteiger partial charge on any atom is -0.497 e. The first-order valence-electron chi connectivity index (χ1n) is 7.13. The molecule has 0 saturated heterocycles. The fourth-order valence-corrected chi connectivity index (χ4v) is 4.24. The molecular weight excluding hydrogens is 328 g/mol. The summed E-state index contributed by atoms with van der Waals surface area (Å²) >= 11 is 3.08. The third-order valence-corrected chi connectivity index (χ3v) is 5.51. The van der Waals surface area contributed by atoms with Crippen molar-refractivity contribution in [3.8, 4) is 5.75 Å². The number of thiazole rings is 1. The predicted octanol–water partition coefficient (Wildman–Crippen LogP) is 4.42. The van der Waals surface area contributed by atoms with Crippen LogP contribution in [-0.4, -0.2) is 23.3 Å². The number of aromatic nitrogens is 1. The van der Waals surface area contributed by atoms with Crippen LogP contribution in [0.4, 0.5) is 5.69 Å². The molecule has 1 N–H and O–H groups in total. The van der Waals surface area contributed by atoms with E-state index in [1.807, 2.05) is 55.5 Å². The van der Waals surface area contributed by atoms with E-state index < -0.39 is 0 Å². The van der Waals surface area contributed by atoms with E-state index in [2.05, 4.69) is 10.3 Å². The average molecular weight is 344 g/mol. The van der Waals surface area contributed by atoms with Crippen LogP contribution in [0.3, 0.4) is 0 Å². The number of fused-ring (bicyclic) bond motifs is 1. The van der Waals surface area contributed by atoms with Crippen LogP contribution < -0.4 is 10.1 Å². The molecule has 0 radical (unpaired) electrons. The molecule has 3 rings (SSSR count). The Morgan fingerprint density at radius 1 is 1.22 bits per heavy atom. The van der Waals surface area contributed by atoms with E-state index in [1.54, 1.807) is 18.4 Å². The summed E-state index contributed by atoms with van der Waals surface area (Å²) in [6.45, 7) is 1.88. The average Bonchev–Trinajstić information content (AvgIpc) is 2.97. The van der Waals surface area contributed by atoms with Gasteiger partial charge in [-0.15, -0.1) is 11.3 Å². The zero-order valence-corrected chi connectivity index (χ0v) is 14.4. The number of nitrogens with zero attached hydrogens (tertiary/aromatic N) is 1. The van der Waals surface area contributed by atoms with Crippen LogP contribution in [0.25, 0.3) is 10.2 Å². The maximum absolute atomic E-state index is 12.3. The molecule has 118 valence electrons. The molecule has 0 aliphatic carbocycles. The van der Waals surface area contributed by atoms with Crippen molar-refractivity contribution in [3.05, 3.63) is 48.5 Å². The number of carbonyl (C=O) groups excluding carboxylic acids is 1. The molecule has 0 fully saturated rings. The van der Waals surface area contributed by atoms with Gasteiger partial charge >= 0.3 is 0 Å². The van der Waals surface area contributed by atoms with Crippen molar-refractivity contribution >= 4 is 44.9 Å². The van der Waals surface area contributed by atoms with Gasteiger partial charge in [0.2, 0.25) is 5.91 Å². The van der Waals surface area contributed by atoms with Crippen molar-refractivity contribution in [1.29, 1.82) is 0 Å². The van der Waals surface area contributed by atoms with Crippen LogP contribution in [0, 0.1) is 0 Å². The lowest BCUT2D eigenvalue weighted by Crippen LogP contribution is -2.22. The van der Waals surface area contributed by atoms with Crippen molar-refractivity contribution < 1.29 is 9.53 Å². The zero-order valence-electron chi connectivity index (χ0n) is 12.8. The van der Waals surface area contributed by atoms with Gasteiger partial charge in [-0.05, 0) is 43.3 Å². The van der Waals surface area contributed by atoms with Crippen LogP contribution in [0.1, 0.15) is 6.92 Å². The number of nitrogens with one attached hydrogen (secondary N) is 1. The van der Waals surface area contributed by atoms with Crippen molar-refractivity contribution in [2.45, 2.75) is 16.5 Å². The third kappa shape index (κ3) is 3.83. The van der Waals surface area contributed by atoms with E-state index >= 15 is 0 Å². The van der Waals surface area contributed by atoms with Crippen LogP contribution in [0.15, 0.2) is 52.9 Å². The number of ether oxygens (including phenoxy) is 1. The molecule has 3 aromatic rings. The SMILES string of the molecule is COc1ccc(NC(=O)C(C)Sc2nc3ccccc3s2)cc1. The molecule has 0 bridgehead atoms. The van der Waals surface area contributed by atoms with E-state index in [-0.39, 0.29) is 11.2 Å². The van der Waals surface area contributed by atoms with Crippen LogP contribution in [0.5, 0.6) is 5.75 Å². The Balaban J connectivity index is 1.64. The van der Waals surface area contributed by atoms with Crippen molar-refractivity contribution in [2.75, 3.05) is 12.4 Å². The van der Waals surface area contributed by atoms with E-state index in [0.717, 1.165) is 26.0 Å². The number of benzene rings is 2. The second kappa shape index (κ2) is 7.02. The third-order valence-electron chi connectivity index (χ3n) is 3.28. The van der Waals surface area contributed by atoms with E-state index in [1.165, 1.54) is 11.8 Å². The first-order valence-corrected chi connectivity index (χ1v) is 8.82. The summed E-state index contributed by atoms with van der Waals surface area (Å²) in [6.07, 6.45) is 0. The highest BCUT2D eigenvalue weighted by molar-refractivity contribution is 8.02. The standard InChI is InChI=1S/C17H16N2O2S2/c1-11(16(20)18-12-7-9-13(21-2)10-8-12)22-17-19-14-5-3-4-6-15(14)23-17/h3-11H,1-2H3,(H,18,20). The minimum absolute atomic E-state index is 0.0422. The Morgan fingerprint density at radius 3 is 2.65 bits per heavy atom. The summed E-state index contributed by atoms with van der Waals surface area (Å²) < 4.78 is 7.15. The summed E-state index contributed by atoms with van der Waals surface area (Å²) in [5, 5.41) is 2.68. The monoisotopic (exact) mass is 344 g/mol. The Labute approximate surface area is 142 Å². The highest BCUT2D eigenvalue weighted by Crippen LogP contribution is 2.32. The molecule has 1 unspecified atom stereocenters. The summed E-state index contributed by atoms with van der Waals surface area (Å²) in [7, 11) is 1.62. The van der Waals surface area contributed by atoms with Crippen molar-refractivity contribution in [1.82, 2.24) is 4.98 Å². The van der Waals surface area contributed by atoms with Gasteiger partial charge in [-0.1, -0.05) is 23.9 Å². The van der Waals surface area contributed by atoms with Gasteiger partial charge in [-0.2, -0.15) is 0 Å². The molecule has 1 amide bonds.